The summed E-state index contributed by atoms with van der Waals surface area (Å²) in [6.07, 6.45) is -2.63. The topological polar surface area (TPSA) is 258 Å². The molecule has 3 aliphatic carbocycles. The van der Waals surface area contributed by atoms with Crippen molar-refractivity contribution >= 4 is 69.2 Å². The van der Waals surface area contributed by atoms with Gasteiger partial charge in [0, 0.05) is 27.5 Å². The molecule has 4 aliphatic rings. The third kappa shape index (κ3) is 17.2. The number of aliphatic carboxylic acids is 1. The van der Waals surface area contributed by atoms with Crippen LogP contribution in [0.5, 0.6) is 0 Å². The molecule has 3 heterocycles. The number of thiophene rings is 2. The lowest BCUT2D eigenvalue weighted by molar-refractivity contribution is -0.160. The lowest BCUT2D eigenvalue weighted by atomic mass is 9.98. The van der Waals surface area contributed by atoms with E-state index in [0.29, 0.717) is 17.5 Å². The Bertz CT molecular complexity index is 4010. The van der Waals surface area contributed by atoms with E-state index in [4.69, 9.17) is 37.3 Å². The van der Waals surface area contributed by atoms with E-state index >= 15 is 0 Å². The molecule has 20 nitrogen and oxygen atoms in total. The predicted octanol–water partition coefficient (Wildman–Crippen LogP) is 13.0. The highest BCUT2D eigenvalue weighted by atomic mass is 32.2. The van der Waals surface area contributed by atoms with E-state index in [1.807, 2.05) is 144 Å². The molecule has 12 rings (SSSR count). The number of benzene rings is 6. The number of alkyl carbamates (subject to hydrolysis) is 2. The Hall–Kier alpha value is -9.23. The molecular formula is C72H73N3O17S3. The number of nitrogens with zero attached hydrogens (tertiary/aromatic N) is 1. The molecule has 1 aliphatic heterocycles. The lowest BCUT2D eigenvalue weighted by Crippen LogP contribution is -2.47. The van der Waals surface area contributed by atoms with Crippen LogP contribution in [0.4, 0.5) is 14.4 Å². The van der Waals surface area contributed by atoms with E-state index in [2.05, 4.69) is 47.0 Å². The Morgan fingerprint density at radius 1 is 0.505 bits per heavy atom. The maximum atomic E-state index is 12.8. The standard InChI is InChI=1S/C27H29NO5S.C23H21NO5S.C22H23NO7S/c1-27(2,3)33-25(29)24(17-31-15-18-9-8-14-34-18)28-26(30)32-16-23-21-12-6-4-10-19(21)20-11-5-7-13-22(20)23;25-22(26)21(14-28-12-15-6-5-11-30-15)24-23(27)29-13-20-18-9-3-1-7-16(18)17-8-2-4-10-19(17)20;1-22(2,3)30-20(24)19-13-29-31(26,27)23(19)21(25)28-12-18-16-10-6-4-8-14(16)15-9-5-7-11-17(15)18/h4-14,23-24H,15-17H2,1-3H3,(H,28,30);1-11,20-21H,12-14H2,(H,24,27)(H,25,26);4-11,18-19H,12-13H2,1-3H3/t24-;21-;19-/m000/s1. The highest BCUT2D eigenvalue weighted by molar-refractivity contribution is 7.85. The molecule has 1 fully saturated rings. The third-order valence-corrected chi connectivity index (χ3v) is 18.6. The first-order valence-corrected chi connectivity index (χ1v) is 33.8. The minimum absolute atomic E-state index is 0.0169. The van der Waals surface area contributed by atoms with Gasteiger partial charge < -0.3 is 48.9 Å². The maximum absolute atomic E-state index is 12.8. The van der Waals surface area contributed by atoms with Crippen LogP contribution < -0.4 is 10.6 Å². The number of fused-ring (bicyclic) bond motifs is 9. The molecule has 2 aromatic heterocycles. The molecule has 3 atom stereocenters. The van der Waals surface area contributed by atoms with Gasteiger partial charge in [-0.05, 0) is 131 Å². The fraction of sp³-hybridized carbons (Fsp3) is 0.306. The van der Waals surface area contributed by atoms with E-state index in [1.165, 1.54) is 11.3 Å². The molecule has 0 spiro atoms. The molecule has 496 valence electrons. The zero-order chi connectivity index (χ0) is 67.4. The average Bonchev–Trinajstić information content (AvgIpc) is 1.65. The van der Waals surface area contributed by atoms with Gasteiger partial charge in [0.15, 0.2) is 18.1 Å². The summed E-state index contributed by atoms with van der Waals surface area (Å²) in [5.74, 6) is -3.00. The van der Waals surface area contributed by atoms with Gasteiger partial charge in [0.2, 0.25) is 0 Å². The SMILES string of the molecule is CC(C)(C)OC(=O)[C@@H]1COS(=O)(=O)N1C(=O)OCC1c2ccccc2-c2ccccc21.CC(C)(C)OC(=O)[C@H](COCc1cccs1)NC(=O)OCC1c2ccccc2-c2ccccc21.O=C(N[C@@H](COCc1cccs1)C(=O)O)OCC1c2ccccc2-c2ccccc21. The largest absolute Gasteiger partial charge is 0.480 e. The quantitative estimate of drug-likeness (QED) is 0.0502. The Morgan fingerprint density at radius 2 is 0.853 bits per heavy atom. The predicted molar refractivity (Wildman–Crippen MR) is 357 cm³/mol. The fourth-order valence-corrected chi connectivity index (χ4v) is 13.9. The fourth-order valence-electron chi connectivity index (χ4n) is 11.5. The second kappa shape index (κ2) is 30.5. The Kier molecular flexibility index (Phi) is 22.0. The van der Waals surface area contributed by atoms with Crippen molar-refractivity contribution in [2.75, 3.05) is 39.6 Å². The molecule has 0 radical (unpaired) electrons. The van der Waals surface area contributed by atoms with Gasteiger partial charge in [-0.1, -0.05) is 158 Å². The van der Waals surface area contributed by atoms with Crippen LogP contribution in [0.15, 0.2) is 181 Å². The summed E-state index contributed by atoms with van der Waals surface area (Å²) in [4.78, 5) is 76.4. The monoisotopic (exact) mass is 1350 g/mol. The average molecular weight is 1350 g/mol. The summed E-state index contributed by atoms with van der Waals surface area (Å²) in [7, 11) is -4.44. The van der Waals surface area contributed by atoms with Crippen molar-refractivity contribution in [3.8, 4) is 33.4 Å². The number of carboxylic acids is 1. The van der Waals surface area contributed by atoms with Crippen LogP contribution >= 0.6 is 22.7 Å². The molecule has 3 N–H and O–H groups in total. The normalized spacial score (nSPS) is 15.5. The van der Waals surface area contributed by atoms with Gasteiger partial charge >= 0.3 is 46.5 Å². The minimum atomic E-state index is -4.44. The lowest BCUT2D eigenvalue weighted by Gasteiger charge is -2.25. The number of carbonyl (C=O) groups excluding carboxylic acids is 5. The zero-order valence-electron chi connectivity index (χ0n) is 53.1. The van der Waals surface area contributed by atoms with Crippen LogP contribution in [-0.2, 0) is 75.2 Å². The first-order chi connectivity index (χ1) is 45.5. The van der Waals surface area contributed by atoms with Crippen LogP contribution in [0.2, 0.25) is 0 Å². The molecule has 6 aromatic carbocycles. The molecule has 95 heavy (non-hydrogen) atoms. The number of hydrogen-bond acceptors (Lipinski definition) is 18. The van der Waals surface area contributed by atoms with Crippen LogP contribution in [0.25, 0.3) is 33.4 Å². The summed E-state index contributed by atoms with van der Waals surface area (Å²) < 4.78 is 67.8. The van der Waals surface area contributed by atoms with Crippen LogP contribution in [0.3, 0.4) is 0 Å². The first-order valence-electron chi connectivity index (χ1n) is 30.7. The van der Waals surface area contributed by atoms with Gasteiger partial charge in [-0.25, -0.2) is 28.8 Å². The molecule has 23 heteroatoms. The number of hydrogen-bond donors (Lipinski definition) is 3. The first kappa shape index (κ1) is 68.6. The van der Waals surface area contributed by atoms with Crippen molar-refractivity contribution in [1.82, 2.24) is 14.9 Å². The molecule has 0 bridgehead atoms. The number of esters is 2. The summed E-state index contributed by atoms with van der Waals surface area (Å²) in [5.41, 5.74) is 11.5. The van der Waals surface area contributed by atoms with Crippen molar-refractivity contribution in [3.63, 3.8) is 0 Å². The number of ether oxygens (including phenoxy) is 7. The molecule has 8 aromatic rings. The number of rotatable bonds is 19. The van der Waals surface area contributed by atoms with Crippen LogP contribution in [0.1, 0.15) is 102 Å². The second-order valence-electron chi connectivity index (χ2n) is 24.5. The van der Waals surface area contributed by atoms with Gasteiger partial charge in [-0.15, -0.1) is 22.7 Å². The smallest absolute Gasteiger partial charge is 0.426 e. The van der Waals surface area contributed by atoms with E-state index < -0.39 is 82.4 Å². The van der Waals surface area contributed by atoms with E-state index in [9.17, 15) is 42.3 Å². The number of nitrogens with one attached hydrogen (secondary N) is 2. The molecule has 3 amide bonds. The van der Waals surface area contributed by atoms with E-state index in [0.717, 1.165) is 76.5 Å². The summed E-state index contributed by atoms with van der Waals surface area (Å²) in [6, 6.07) is 52.0. The maximum Gasteiger partial charge on any atom is 0.426 e. The van der Waals surface area contributed by atoms with Gasteiger partial charge in [0.05, 0.1) is 26.4 Å². The van der Waals surface area contributed by atoms with Crippen LogP contribution in [-0.4, -0.2) is 123 Å². The van der Waals surface area contributed by atoms with Crippen molar-refractivity contribution in [3.05, 3.63) is 224 Å². The minimum Gasteiger partial charge on any atom is -0.480 e. The second-order valence-corrected chi connectivity index (χ2v) is 28.0. The van der Waals surface area contributed by atoms with Crippen LogP contribution in [0, 0.1) is 0 Å². The van der Waals surface area contributed by atoms with Crippen molar-refractivity contribution in [1.29, 1.82) is 0 Å². The highest BCUT2D eigenvalue weighted by Crippen LogP contribution is 2.47. The van der Waals surface area contributed by atoms with Crippen molar-refractivity contribution < 1.29 is 79.6 Å². The zero-order valence-corrected chi connectivity index (χ0v) is 55.5. The number of carbonyl (C=O) groups is 6. The number of amides is 3. The molecule has 0 unspecified atom stereocenters. The van der Waals surface area contributed by atoms with E-state index in [-0.39, 0.29) is 50.8 Å². The van der Waals surface area contributed by atoms with Gasteiger partial charge in [0.25, 0.3) is 0 Å². The molecular weight excluding hydrogens is 1270 g/mol. The van der Waals surface area contributed by atoms with Crippen molar-refractivity contribution in [2.45, 2.75) is 102 Å². The highest BCUT2D eigenvalue weighted by Gasteiger charge is 2.49. The summed E-state index contributed by atoms with van der Waals surface area (Å²) >= 11 is 3.09. The van der Waals surface area contributed by atoms with Gasteiger partial charge in [-0.3, -0.25) is 4.18 Å². The van der Waals surface area contributed by atoms with Crippen molar-refractivity contribution in [2.24, 2.45) is 0 Å². The Labute approximate surface area is 559 Å². The van der Waals surface area contributed by atoms with E-state index in [1.54, 1.807) is 52.9 Å². The number of carboxylic acid groups (broad SMARTS) is 1. The molecule has 1 saturated heterocycles. The Balaban J connectivity index is 0.000000156. The third-order valence-electron chi connectivity index (χ3n) is 15.6. The Morgan fingerprint density at radius 3 is 1.20 bits per heavy atom. The van der Waals surface area contributed by atoms with Gasteiger partial charge in [0.1, 0.15) is 37.6 Å². The van der Waals surface area contributed by atoms with Gasteiger partial charge in [-0.2, -0.15) is 12.7 Å². The molecule has 0 saturated carbocycles. The summed E-state index contributed by atoms with van der Waals surface area (Å²) in [5, 5.41) is 18.3. The summed E-state index contributed by atoms with van der Waals surface area (Å²) in [6.45, 7) is 10.5.